The number of nitrogens with zero attached hydrogens (tertiary/aromatic N) is 6. The first kappa shape index (κ1) is 21.2. The first-order valence-electron chi connectivity index (χ1n) is 12.0. The summed E-state index contributed by atoms with van der Waals surface area (Å²) in [6, 6.07) is 6.01. The summed E-state index contributed by atoms with van der Waals surface area (Å²) >= 11 is 0. The zero-order valence-corrected chi connectivity index (χ0v) is 19.1. The third-order valence-corrected chi connectivity index (χ3v) is 6.96. The molecule has 0 bridgehead atoms. The molecular weight excluding hydrogens is 436 g/mol. The lowest BCUT2D eigenvalue weighted by Crippen LogP contribution is -2.49. The van der Waals surface area contributed by atoms with Crippen LogP contribution in [-0.4, -0.2) is 67.8 Å². The second kappa shape index (κ2) is 8.75. The Morgan fingerprint density at radius 3 is 2.74 bits per heavy atom. The fraction of sp³-hybridized carbons (Fsp3) is 0.500. The summed E-state index contributed by atoms with van der Waals surface area (Å²) in [6.45, 7) is 4.72. The van der Waals surface area contributed by atoms with Crippen LogP contribution in [0, 0.1) is 0 Å². The number of benzene rings is 1. The molecule has 1 fully saturated rings. The molecule has 178 valence electrons. The number of piperazine rings is 1. The van der Waals surface area contributed by atoms with Gasteiger partial charge >= 0.3 is 0 Å². The summed E-state index contributed by atoms with van der Waals surface area (Å²) in [7, 11) is 0. The number of carbonyl (C=O) groups excluding carboxylic acids is 1. The lowest BCUT2D eigenvalue weighted by Gasteiger charge is -2.34. The summed E-state index contributed by atoms with van der Waals surface area (Å²) in [5, 5.41) is 0. The van der Waals surface area contributed by atoms with Gasteiger partial charge in [0.15, 0.2) is 22.7 Å². The number of hydrogen-bond donors (Lipinski definition) is 0. The molecule has 1 amide bonds. The number of fused-ring (bicyclic) bond motifs is 4. The van der Waals surface area contributed by atoms with Gasteiger partial charge in [-0.3, -0.25) is 19.1 Å². The van der Waals surface area contributed by atoms with Gasteiger partial charge in [-0.1, -0.05) is 12.5 Å². The first-order valence-corrected chi connectivity index (χ1v) is 12.0. The van der Waals surface area contributed by atoms with Crippen LogP contribution in [-0.2, 0) is 30.8 Å². The summed E-state index contributed by atoms with van der Waals surface area (Å²) in [5.74, 6) is 2.44. The molecule has 0 spiro atoms. The van der Waals surface area contributed by atoms with Crippen LogP contribution in [0.4, 0.5) is 0 Å². The maximum atomic E-state index is 13.0. The molecule has 0 aliphatic carbocycles. The van der Waals surface area contributed by atoms with Crippen molar-refractivity contribution in [1.29, 1.82) is 0 Å². The van der Waals surface area contributed by atoms with Gasteiger partial charge in [0.25, 0.3) is 5.56 Å². The standard InChI is InChI=1S/C24H28N6O4/c31-21(14-29-15-25-23-22(24(29)32)26-20-4-2-1-3-7-30(20)23)28-10-8-27(9-11-28)13-17-5-6-18-19(12-17)34-16-33-18/h5-6,12,15H,1-4,7-11,13-14,16H2. The molecular formula is C24H28N6O4. The van der Waals surface area contributed by atoms with Crippen molar-refractivity contribution in [3.63, 3.8) is 0 Å². The summed E-state index contributed by atoms with van der Waals surface area (Å²) in [5.41, 5.74) is 1.94. The normalized spacial score (nSPS) is 18.2. The Labute approximate surface area is 196 Å². The van der Waals surface area contributed by atoms with E-state index < -0.39 is 0 Å². The maximum Gasteiger partial charge on any atom is 0.282 e. The Morgan fingerprint density at radius 1 is 1.00 bits per heavy atom. The van der Waals surface area contributed by atoms with Crippen LogP contribution in [0.3, 0.4) is 0 Å². The van der Waals surface area contributed by atoms with Gasteiger partial charge in [-0.2, -0.15) is 0 Å². The maximum absolute atomic E-state index is 13.0. The van der Waals surface area contributed by atoms with E-state index in [1.807, 2.05) is 17.0 Å². The Morgan fingerprint density at radius 2 is 1.85 bits per heavy atom. The Bertz CT molecular complexity index is 1290. The van der Waals surface area contributed by atoms with Crippen molar-refractivity contribution in [2.24, 2.45) is 0 Å². The number of amides is 1. The second-order valence-corrected chi connectivity index (χ2v) is 9.18. The van der Waals surface area contributed by atoms with Crippen LogP contribution in [0.1, 0.15) is 30.7 Å². The highest BCUT2D eigenvalue weighted by molar-refractivity contribution is 5.77. The lowest BCUT2D eigenvalue weighted by molar-refractivity contribution is -0.133. The molecule has 5 heterocycles. The predicted molar refractivity (Wildman–Crippen MR) is 124 cm³/mol. The highest BCUT2D eigenvalue weighted by atomic mass is 16.7. The van der Waals surface area contributed by atoms with Crippen molar-refractivity contribution in [3.05, 3.63) is 46.3 Å². The topological polar surface area (TPSA) is 94.7 Å². The average Bonchev–Trinajstić information content (AvgIpc) is 3.38. The average molecular weight is 465 g/mol. The monoisotopic (exact) mass is 464 g/mol. The molecule has 1 saturated heterocycles. The smallest absolute Gasteiger partial charge is 0.282 e. The number of carbonyl (C=O) groups is 1. The number of aromatic nitrogens is 4. The van der Waals surface area contributed by atoms with E-state index in [1.54, 1.807) is 0 Å². The fourth-order valence-corrected chi connectivity index (χ4v) is 5.04. The molecule has 3 aliphatic rings. The van der Waals surface area contributed by atoms with Crippen molar-refractivity contribution in [2.75, 3.05) is 33.0 Å². The molecule has 3 aromatic rings. The molecule has 34 heavy (non-hydrogen) atoms. The van der Waals surface area contributed by atoms with Crippen LogP contribution in [0.2, 0.25) is 0 Å². The number of rotatable bonds is 4. The van der Waals surface area contributed by atoms with Gasteiger partial charge in [0, 0.05) is 45.7 Å². The summed E-state index contributed by atoms with van der Waals surface area (Å²) < 4.78 is 14.3. The van der Waals surface area contributed by atoms with E-state index in [2.05, 4.69) is 25.5 Å². The quantitative estimate of drug-likeness (QED) is 0.576. The van der Waals surface area contributed by atoms with Gasteiger partial charge in [0.05, 0.1) is 0 Å². The van der Waals surface area contributed by atoms with Crippen LogP contribution in [0.5, 0.6) is 11.5 Å². The molecule has 0 atom stereocenters. The second-order valence-electron chi connectivity index (χ2n) is 9.18. The largest absolute Gasteiger partial charge is 0.454 e. The Balaban J connectivity index is 1.09. The number of ether oxygens (including phenoxy) is 2. The van der Waals surface area contributed by atoms with E-state index in [4.69, 9.17) is 9.47 Å². The Kier molecular flexibility index (Phi) is 5.44. The minimum atomic E-state index is -0.236. The van der Waals surface area contributed by atoms with Gasteiger partial charge in [-0.25, -0.2) is 9.97 Å². The van der Waals surface area contributed by atoms with Crippen LogP contribution >= 0.6 is 0 Å². The molecule has 2 aromatic heterocycles. The molecule has 0 N–H and O–H groups in total. The van der Waals surface area contributed by atoms with Gasteiger partial charge in [0.2, 0.25) is 12.7 Å². The van der Waals surface area contributed by atoms with E-state index in [0.717, 1.165) is 68.3 Å². The molecule has 10 nitrogen and oxygen atoms in total. The van der Waals surface area contributed by atoms with Crippen LogP contribution in [0.15, 0.2) is 29.3 Å². The summed E-state index contributed by atoms with van der Waals surface area (Å²) in [6.07, 6.45) is 5.68. The minimum absolute atomic E-state index is 0.00781. The highest BCUT2D eigenvalue weighted by Crippen LogP contribution is 2.32. The molecule has 3 aliphatic heterocycles. The predicted octanol–water partition coefficient (Wildman–Crippen LogP) is 1.39. The van der Waals surface area contributed by atoms with Crippen LogP contribution in [0.25, 0.3) is 11.2 Å². The zero-order valence-electron chi connectivity index (χ0n) is 19.1. The van der Waals surface area contributed by atoms with Gasteiger partial charge < -0.3 is 18.9 Å². The number of imidazole rings is 1. The molecule has 0 unspecified atom stereocenters. The van der Waals surface area contributed by atoms with Gasteiger partial charge in [0.1, 0.15) is 18.7 Å². The van der Waals surface area contributed by atoms with Crippen molar-refractivity contribution < 1.29 is 14.3 Å². The highest BCUT2D eigenvalue weighted by Gasteiger charge is 2.24. The van der Waals surface area contributed by atoms with Crippen molar-refractivity contribution in [2.45, 2.75) is 45.3 Å². The SMILES string of the molecule is O=C(Cn1cnc2c(nc3n2CCCCC3)c1=O)N1CCN(Cc2ccc3c(c2)OCO3)CC1. The lowest BCUT2D eigenvalue weighted by atomic mass is 10.1. The van der Waals surface area contributed by atoms with E-state index in [9.17, 15) is 9.59 Å². The van der Waals surface area contributed by atoms with E-state index in [-0.39, 0.29) is 24.8 Å². The molecule has 1 aromatic carbocycles. The van der Waals surface area contributed by atoms with Crippen molar-refractivity contribution >= 4 is 17.1 Å². The fourth-order valence-electron chi connectivity index (χ4n) is 5.04. The minimum Gasteiger partial charge on any atom is -0.454 e. The summed E-state index contributed by atoms with van der Waals surface area (Å²) in [4.78, 5) is 39.2. The molecule has 0 radical (unpaired) electrons. The third kappa shape index (κ3) is 3.91. The molecule has 6 rings (SSSR count). The number of hydrogen-bond acceptors (Lipinski definition) is 7. The van der Waals surface area contributed by atoms with Gasteiger partial charge in [-0.05, 0) is 30.5 Å². The molecule has 10 heteroatoms. The Hall–Kier alpha value is -3.40. The van der Waals surface area contributed by atoms with Crippen molar-refractivity contribution in [1.82, 2.24) is 28.9 Å². The first-order chi connectivity index (χ1) is 16.7. The van der Waals surface area contributed by atoms with E-state index in [0.29, 0.717) is 24.3 Å². The zero-order chi connectivity index (χ0) is 23.1. The van der Waals surface area contributed by atoms with Crippen molar-refractivity contribution in [3.8, 4) is 11.5 Å². The number of aryl methyl sites for hydroxylation is 2. The van der Waals surface area contributed by atoms with E-state index in [1.165, 1.54) is 17.3 Å². The van der Waals surface area contributed by atoms with Crippen LogP contribution < -0.4 is 15.0 Å². The third-order valence-electron chi connectivity index (χ3n) is 6.96. The van der Waals surface area contributed by atoms with E-state index >= 15 is 0 Å². The van der Waals surface area contributed by atoms with Gasteiger partial charge in [-0.15, -0.1) is 0 Å². The molecule has 0 saturated carbocycles.